The van der Waals surface area contributed by atoms with Crippen LogP contribution >= 0.6 is 0 Å². The largest absolute Gasteiger partial charge is 0.455 e. The van der Waals surface area contributed by atoms with Crippen LogP contribution < -0.4 is 0 Å². The van der Waals surface area contributed by atoms with Gasteiger partial charge in [0.25, 0.3) is 0 Å². The summed E-state index contributed by atoms with van der Waals surface area (Å²) in [7, 11) is 0. The molecule has 10 aromatic carbocycles. The predicted octanol–water partition coefficient (Wildman–Crippen LogP) is 14.7. The maximum absolute atomic E-state index is 6.94. The van der Waals surface area contributed by atoms with Gasteiger partial charge in [-0.3, -0.25) is 0 Å². The zero-order valence-electron chi connectivity index (χ0n) is 31.8. The second-order valence-corrected chi connectivity index (χ2v) is 15.2. The quantitative estimate of drug-likeness (QED) is 0.176. The number of aromatic nitrogens is 3. The minimum Gasteiger partial charge on any atom is -0.455 e. The normalized spacial score (nSPS) is 11.7. The van der Waals surface area contributed by atoms with Gasteiger partial charge in [-0.15, -0.1) is 0 Å². The van der Waals surface area contributed by atoms with Gasteiger partial charge < -0.3 is 4.42 Å². The first-order valence-corrected chi connectivity index (χ1v) is 19.9. The molecular weight excluding hydrogens is 719 g/mol. The predicted molar refractivity (Wildman–Crippen MR) is 244 cm³/mol. The van der Waals surface area contributed by atoms with E-state index in [-0.39, 0.29) is 0 Å². The summed E-state index contributed by atoms with van der Waals surface area (Å²) in [6, 6.07) is 70.5. The van der Waals surface area contributed by atoms with E-state index in [1.54, 1.807) is 0 Å². The van der Waals surface area contributed by atoms with Gasteiger partial charge in [0.2, 0.25) is 0 Å². The Kier molecular flexibility index (Phi) is 7.50. The highest BCUT2D eigenvalue weighted by Gasteiger charge is 2.20. The molecule has 0 amide bonds. The topological polar surface area (TPSA) is 51.8 Å². The highest BCUT2D eigenvalue weighted by atomic mass is 16.3. The molecule has 0 unspecified atom stereocenters. The van der Waals surface area contributed by atoms with Crippen molar-refractivity contribution in [3.8, 4) is 56.4 Å². The molecule has 0 aliphatic carbocycles. The van der Waals surface area contributed by atoms with Gasteiger partial charge in [-0.2, -0.15) is 0 Å². The molecule has 0 bridgehead atoms. The van der Waals surface area contributed by atoms with E-state index in [0.717, 1.165) is 77.0 Å². The zero-order valence-corrected chi connectivity index (χ0v) is 31.8. The van der Waals surface area contributed by atoms with Crippen molar-refractivity contribution >= 4 is 65.0 Å². The smallest absolute Gasteiger partial charge is 0.164 e. The van der Waals surface area contributed by atoms with E-state index >= 15 is 0 Å². The maximum Gasteiger partial charge on any atom is 0.164 e. The van der Waals surface area contributed by atoms with Gasteiger partial charge in [0.15, 0.2) is 17.5 Å². The van der Waals surface area contributed by atoms with E-state index in [1.807, 2.05) is 30.3 Å². The van der Waals surface area contributed by atoms with E-state index in [4.69, 9.17) is 19.4 Å². The van der Waals surface area contributed by atoms with E-state index in [0.29, 0.717) is 17.5 Å². The molecule has 2 heterocycles. The number of nitrogens with zero attached hydrogens (tertiary/aromatic N) is 3. The molecule has 274 valence electrons. The lowest BCUT2D eigenvalue weighted by Crippen LogP contribution is -2.00. The van der Waals surface area contributed by atoms with E-state index in [2.05, 4.69) is 170 Å². The van der Waals surface area contributed by atoms with Crippen molar-refractivity contribution in [1.82, 2.24) is 15.0 Å². The minimum atomic E-state index is 0.630. The van der Waals surface area contributed by atoms with E-state index < -0.39 is 0 Å². The molecular formula is C55H33N3O. The molecule has 59 heavy (non-hydrogen) atoms. The first-order chi connectivity index (χ1) is 29.2. The molecule has 12 rings (SSSR count). The average molecular weight is 752 g/mol. The molecule has 12 aromatic rings. The van der Waals surface area contributed by atoms with Crippen LogP contribution in [0.4, 0.5) is 0 Å². The molecule has 0 atom stereocenters. The van der Waals surface area contributed by atoms with Gasteiger partial charge in [0, 0.05) is 33.0 Å². The fourth-order valence-electron chi connectivity index (χ4n) is 8.79. The van der Waals surface area contributed by atoms with Crippen LogP contribution in [0.2, 0.25) is 0 Å². The van der Waals surface area contributed by atoms with Crippen LogP contribution in [0.3, 0.4) is 0 Å². The van der Waals surface area contributed by atoms with Crippen molar-refractivity contribution in [2.75, 3.05) is 0 Å². The van der Waals surface area contributed by atoms with Crippen LogP contribution in [-0.2, 0) is 0 Å². The Morgan fingerprint density at radius 1 is 0.288 bits per heavy atom. The first-order valence-electron chi connectivity index (χ1n) is 19.9. The van der Waals surface area contributed by atoms with Crippen LogP contribution in [0, 0.1) is 0 Å². The van der Waals surface area contributed by atoms with Crippen LogP contribution in [0.5, 0.6) is 0 Å². The first kappa shape index (κ1) is 33.2. The molecule has 0 aliphatic rings. The molecule has 0 radical (unpaired) electrons. The lowest BCUT2D eigenvalue weighted by Gasteiger charge is -2.13. The van der Waals surface area contributed by atoms with Gasteiger partial charge >= 0.3 is 0 Å². The van der Waals surface area contributed by atoms with Gasteiger partial charge in [-0.25, -0.2) is 15.0 Å². The molecule has 2 aromatic heterocycles. The number of benzene rings is 10. The summed E-state index contributed by atoms with van der Waals surface area (Å²) in [4.78, 5) is 15.3. The molecule has 0 N–H and O–H groups in total. The number of rotatable bonds is 5. The van der Waals surface area contributed by atoms with E-state index in [9.17, 15) is 0 Å². The van der Waals surface area contributed by atoms with Crippen molar-refractivity contribution in [3.63, 3.8) is 0 Å². The van der Waals surface area contributed by atoms with Crippen molar-refractivity contribution < 1.29 is 4.42 Å². The standard InChI is InChI=1S/C55H33N3O/c1-2-14-36(15-3-1)53-56-54(42-25-23-35-13-5-7-17-38(35)31-42)58-55(57-53)48-29-28-43(45-20-10-11-21-46(45)48)40-26-27-47-49-32-39-18-8-9-19-44(39)51(52(49)59-50(47)33-40)41-24-22-34-12-4-6-16-37(34)30-41/h1-33H. The molecule has 4 heteroatoms. The summed E-state index contributed by atoms with van der Waals surface area (Å²) in [6.45, 7) is 0. The Morgan fingerprint density at radius 2 is 0.831 bits per heavy atom. The van der Waals surface area contributed by atoms with Gasteiger partial charge in [-0.05, 0) is 96.2 Å². The SMILES string of the molecule is c1ccc(-c2nc(-c3ccc4ccccc4c3)nc(-c3ccc(-c4ccc5c(c4)oc4c(-c6ccc7ccccc7c6)c6ccccc6cc45)c4ccccc34)n2)cc1. The summed E-state index contributed by atoms with van der Waals surface area (Å²) in [5, 5.41) is 11.5. The molecule has 4 nitrogen and oxygen atoms in total. The van der Waals surface area contributed by atoms with Gasteiger partial charge in [0.1, 0.15) is 11.2 Å². The fourth-order valence-corrected chi connectivity index (χ4v) is 8.79. The Balaban J connectivity index is 1.02. The van der Waals surface area contributed by atoms with E-state index in [1.165, 1.54) is 26.9 Å². The van der Waals surface area contributed by atoms with Crippen molar-refractivity contribution in [2.24, 2.45) is 0 Å². The van der Waals surface area contributed by atoms with Crippen LogP contribution in [-0.4, -0.2) is 15.0 Å². The monoisotopic (exact) mass is 751 g/mol. The molecule has 0 saturated carbocycles. The van der Waals surface area contributed by atoms with Crippen molar-refractivity contribution in [2.45, 2.75) is 0 Å². The van der Waals surface area contributed by atoms with Gasteiger partial charge in [0.05, 0.1) is 0 Å². The summed E-state index contributed by atoms with van der Waals surface area (Å²) in [5.74, 6) is 1.91. The number of fused-ring (bicyclic) bond motifs is 7. The third-order valence-corrected chi connectivity index (χ3v) is 11.7. The second kappa shape index (κ2) is 13.3. The molecule has 0 aliphatic heterocycles. The highest BCUT2D eigenvalue weighted by molar-refractivity contribution is 6.19. The lowest BCUT2D eigenvalue weighted by atomic mass is 9.93. The summed E-state index contributed by atoms with van der Waals surface area (Å²) >= 11 is 0. The average Bonchev–Trinajstić information content (AvgIpc) is 3.67. The molecule has 0 fully saturated rings. The Bertz CT molecular complexity index is 3620. The Hall–Kier alpha value is -7.95. The Morgan fingerprint density at radius 3 is 1.58 bits per heavy atom. The van der Waals surface area contributed by atoms with Crippen molar-refractivity contribution in [1.29, 1.82) is 0 Å². The minimum absolute atomic E-state index is 0.630. The summed E-state index contributed by atoms with van der Waals surface area (Å²) in [6.07, 6.45) is 0. The third-order valence-electron chi connectivity index (χ3n) is 11.7. The fraction of sp³-hybridized carbons (Fsp3) is 0. The number of furan rings is 1. The van der Waals surface area contributed by atoms with Crippen LogP contribution in [0.25, 0.3) is 121 Å². The second-order valence-electron chi connectivity index (χ2n) is 15.2. The molecule has 0 spiro atoms. The lowest BCUT2D eigenvalue weighted by molar-refractivity contribution is 0.670. The van der Waals surface area contributed by atoms with Crippen molar-refractivity contribution in [3.05, 3.63) is 200 Å². The number of hydrogen-bond donors (Lipinski definition) is 0. The Labute approximate surface area is 339 Å². The summed E-state index contributed by atoms with van der Waals surface area (Å²) in [5.41, 5.74) is 9.03. The number of hydrogen-bond acceptors (Lipinski definition) is 4. The van der Waals surface area contributed by atoms with Crippen LogP contribution in [0.15, 0.2) is 205 Å². The zero-order chi connectivity index (χ0) is 38.9. The maximum atomic E-state index is 6.94. The molecule has 0 saturated heterocycles. The van der Waals surface area contributed by atoms with Gasteiger partial charge in [-0.1, -0.05) is 164 Å². The summed E-state index contributed by atoms with van der Waals surface area (Å²) < 4.78 is 6.94. The third kappa shape index (κ3) is 5.57. The highest BCUT2D eigenvalue weighted by Crippen LogP contribution is 2.44. The van der Waals surface area contributed by atoms with Crippen LogP contribution in [0.1, 0.15) is 0 Å².